The van der Waals surface area contributed by atoms with E-state index in [2.05, 4.69) is 30.3 Å². The van der Waals surface area contributed by atoms with Crippen molar-refractivity contribution in [3.8, 4) is 0 Å². The zero-order valence-electron chi connectivity index (χ0n) is 7.94. The summed E-state index contributed by atoms with van der Waals surface area (Å²) in [5.74, 6) is 0.511. The van der Waals surface area contributed by atoms with E-state index in [0.717, 1.165) is 0 Å². The molecule has 0 saturated carbocycles. The van der Waals surface area contributed by atoms with Crippen LogP contribution in [-0.2, 0) is 4.74 Å². The van der Waals surface area contributed by atoms with Crippen LogP contribution in [0.4, 0.5) is 0 Å². The maximum absolute atomic E-state index is 5.51. The molecule has 2 unspecified atom stereocenters. The Morgan fingerprint density at radius 1 is 1.31 bits per heavy atom. The van der Waals surface area contributed by atoms with Gasteiger partial charge in [-0.05, 0) is 32.2 Å². The van der Waals surface area contributed by atoms with Gasteiger partial charge in [0.15, 0.2) is 0 Å². The summed E-state index contributed by atoms with van der Waals surface area (Å²) in [6.07, 6.45) is 3.92. The van der Waals surface area contributed by atoms with Crippen molar-refractivity contribution in [2.45, 2.75) is 18.7 Å². The second-order valence-corrected chi connectivity index (χ2v) is 5.84. The third-order valence-electron chi connectivity index (χ3n) is 2.56. The highest BCUT2D eigenvalue weighted by Gasteiger charge is 2.27. The fourth-order valence-corrected chi connectivity index (χ4v) is 4.60. The zero-order valence-corrected chi connectivity index (χ0v) is 8.84. The summed E-state index contributed by atoms with van der Waals surface area (Å²) in [6.45, 7) is 0. The molecule has 0 radical (unpaired) electrons. The molecule has 2 atom stereocenters. The molecule has 13 heavy (non-hydrogen) atoms. The first kappa shape index (κ1) is 9.18. The van der Waals surface area contributed by atoms with Gasteiger partial charge in [-0.3, -0.25) is 0 Å². The minimum Gasteiger partial charge on any atom is -0.377 e. The van der Waals surface area contributed by atoms with Crippen LogP contribution in [0.1, 0.15) is 12.8 Å². The lowest BCUT2D eigenvalue weighted by Gasteiger charge is -2.18. The summed E-state index contributed by atoms with van der Waals surface area (Å²) in [4.78, 5) is 0. The third-order valence-corrected chi connectivity index (χ3v) is 5.48. The molecule has 1 aromatic rings. The van der Waals surface area contributed by atoms with Gasteiger partial charge >= 0.3 is 0 Å². The highest BCUT2D eigenvalue weighted by atomic mass is 31.1. The van der Waals surface area contributed by atoms with Crippen LogP contribution in [-0.4, -0.2) is 19.1 Å². The molecule has 2 rings (SSSR count). The van der Waals surface area contributed by atoms with Crippen LogP contribution in [0, 0.1) is 0 Å². The molecule has 1 fully saturated rings. The van der Waals surface area contributed by atoms with Gasteiger partial charge in [0.1, 0.15) is 0 Å². The van der Waals surface area contributed by atoms with Crippen molar-refractivity contribution in [1.29, 1.82) is 0 Å². The van der Waals surface area contributed by atoms with Crippen LogP contribution in [0.3, 0.4) is 0 Å². The second-order valence-electron chi connectivity index (χ2n) is 3.36. The van der Waals surface area contributed by atoms with Crippen molar-refractivity contribution >= 4 is 13.2 Å². The number of ether oxygens (including phenoxy) is 1. The topological polar surface area (TPSA) is 9.23 Å². The maximum Gasteiger partial charge on any atom is 0.0803 e. The number of methoxy groups -OCH3 is 1. The molecule has 1 saturated heterocycles. The summed E-state index contributed by atoms with van der Waals surface area (Å²) in [6, 6.07) is 10.8. The Kier molecular flexibility index (Phi) is 2.97. The average molecular weight is 194 g/mol. The highest BCUT2D eigenvalue weighted by Crippen LogP contribution is 2.48. The Hall–Kier alpha value is -0.390. The van der Waals surface area contributed by atoms with E-state index in [-0.39, 0.29) is 7.92 Å². The minimum absolute atomic E-state index is 0.0260. The molecule has 0 aliphatic carbocycles. The Morgan fingerprint density at radius 3 is 2.77 bits per heavy atom. The van der Waals surface area contributed by atoms with E-state index in [1.165, 1.54) is 24.3 Å². The van der Waals surface area contributed by atoms with Crippen LogP contribution in [0.25, 0.3) is 0 Å². The molecular formula is C11H15OP. The van der Waals surface area contributed by atoms with Gasteiger partial charge in [-0.15, -0.1) is 0 Å². The van der Waals surface area contributed by atoms with Gasteiger partial charge in [-0.2, -0.15) is 0 Å². The van der Waals surface area contributed by atoms with Crippen molar-refractivity contribution in [3.05, 3.63) is 30.3 Å². The van der Waals surface area contributed by atoms with Crippen molar-refractivity contribution in [3.63, 3.8) is 0 Å². The summed E-state index contributed by atoms with van der Waals surface area (Å²) in [5, 5.41) is 1.50. The van der Waals surface area contributed by atoms with Gasteiger partial charge in [0, 0.05) is 7.11 Å². The first-order valence-electron chi connectivity index (χ1n) is 4.76. The molecule has 2 heteroatoms. The molecule has 0 spiro atoms. The zero-order chi connectivity index (χ0) is 9.10. The normalized spacial score (nSPS) is 27.8. The molecule has 0 aromatic heterocycles. The predicted octanol–water partition coefficient (Wildman–Crippen LogP) is 2.56. The lowest BCUT2D eigenvalue weighted by molar-refractivity contribution is 0.168. The molecule has 0 N–H and O–H groups in total. The summed E-state index contributed by atoms with van der Waals surface area (Å²) < 4.78 is 5.51. The average Bonchev–Trinajstić information content (AvgIpc) is 2.67. The summed E-state index contributed by atoms with van der Waals surface area (Å²) in [5.41, 5.74) is 0. The van der Waals surface area contributed by atoms with Gasteiger partial charge in [0.2, 0.25) is 0 Å². The first-order chi connectivity index (χ1) is 6.42. The number of hydrogen-bond acceptors (Lipinski definition) is 1. The summed E-state index contributed by atoms with van der Waals surface area (Å²) in [7, 11) is 1.82. The van der Waals surface area contributed by atoms with E-state index < -0.39 is 0 Å². The quantitative estimate of drug-likeness (QED) is 0.657. The molecule has 1 aromatic carbocycles. The lowest BCUT2D eigenvalue weighted by atomic mass is 10.4. The van der Waals surface area contributed by atoms with Crippen LogP contribution in [0.15, 0.2) is 30.3 Å². The fourth-order valence-electron chi connectivity index (χ4n) is 1.90. The van der Waals surface area contributed by atoms with Crippen molar-refractivity contribution in [2.75, 3.05) is 13.3 Å². The monoisotopic (exact) mass is 194 g/mol. The van der Waals surface area contributed by atoms with E-state index in [4.69, 9.17) is 4.74 Å². The molecular weight excluding hydrogens is 179 g/mol. The molecule has 0 amide bonds. The van der Waals surface area contributed by atoms with Gasteiger partial charge in [-0.25, -0.2) is 0 Å². The molecule has 1 aliphatic heterocycles. The number of benzene rings is 1. The van der Waals surface area contributed by atoms with Gasteiger partial charge in [0.25, 0.3) is 0 Å². The Bertz CT molecular complexity index is 260. The van der Waals surface area contributed by atoms with Crippen molar-refractivity contribution < 1.29 is 4.74 Å². The highest BCUT2D eigenvalue weighted by molar-refractivity contribution is 7.66. The lowest BCUT2D eigenvalue weighted by Crippen LogP contribution is -2.10. The molecule has 1 heterocycles. The van der Waals surface area contributed by atoms with Crippen LogP contribution >= 0.6 is 7.92 Å². The standard InChI is InChI=1S/C11H15OP/c1-12-11-8-5-9-13(11)10-6-3-2-4-7-10/h2-4,6-7,11H,5,8-9H2,1H3. The van der Waals surface area contributed by atoms with E-state index >= 15 is 0 Å². The molecule has 1 aliphatic rings. The maximum atomic E-state index is 5.51. The van der Waals surface area contributed by atoms with Crippen LogP contribution in [0.5, 0.6) is 0 Å². The summed E-state index contributed by atoms with van der Waals surface area (Å²) >= 11 is 0. The van der Waals surface area contributed by atoms with Crippen LogP contribution in [0.2, 0.25) is 0 Å². The first-order valence-corrected chi connectivity index (χ1v) is 6.36. The minimum atomic E-state index is -0.0260. The van der Waals surface area contributed by atoms with E-state index in [0.29, 0.717) is 5.85 Å². The van der Waals surface area contributed by atoms with Crippen molar-refractivity contribution in [2.24, 2.45) is 0 Å². The van der Waals surface area contributed by atoms with E-state index in [1.54, 1.807) is 0 Å². The Balaban J connectivity index is 2.16. The molecule has 70 valence electrons. The SMILES string of the molecule is COC1CCCP1c1ccccc1. The fraction of sp³-hybridized carbons (Fsp3) is 0.455. The Labute approximate surface area is 80.9 Å². The second kappa shape index (κ2) is 4.21. The third kappa shape index (κ3) is 1.92. The Morgan fingerprint density at radius 2 is 2.08 bits per heavy atom. The smallest absolute Gasteiger partial charge is 0.0803 e. The molecule has 1 nitrogen and oxygen atoms in total. The predicted molar refractivity (Wildman–Crippen MR) is 57.9 cm³/mol. The van der Waals surface area contributed by atoms with Crippen LogP contribution < -0.4 is 5.30 Å². The van der Waals surface area contributed by atoms with Crippen molar-refractivity contribution in [1.82, 2.24) is 0 Å². The van der Waals surface area contributed by atoms with E-state index in [9.17, 15) is 0 Å². The van der Waals surface area contributed by atoms with Gasteiger partial charge in [-0.1, -0.05) is 30.3 Å². The largest absolute Gasteiger partial charge is 0.377 e. The van der Waals surface area contributed by atoms with Gasteiger partial charge < -0.3 is 4.74 Å². The number of hydrogen-bond donors (Lipinski definition) is 0. The number of rotatable bonds is 2. The molecule has 0 bridgehead atoms. The van der Waals surface area contributed by atoms with Gasteiger partial charge in [0.05, 0.1) is 5.85 Å². The van der Waals surface area contributed by atoms with E-state index in [1.807, 2.05) is 7.11 Å².